The predicted molar refractivity (Wildman–Crippen MR) is 107 cm³/mol. The molecule has 0 aliphatic rings. The summed E-state index contributed by atoms with van der Waals surface area (Å²) in [7, 11) is -3.23. The Labute approximate surface area is 152 Å². The van der Waals surface area contributed by atoms with Gasteiger partial charge >= 0.3 is 0 Å². The van der Waals surface area contributed by atoms with Crippen LogP contribution in [-0.2, 0) is 29.7 Å². The van der Waals surface area contributed by atoms with Crippen LogP contribution in [0.2, 0.25) is 0 Å². The Morgan fingerprint density at radius 1 is 0.760 bits per heavy atom. The third-order valence-electron chi connectivity index (χ3n) is 4.48. The van der Waals surface area contributed by atoms with Gasteiger partial charge in [0.1, 0.15) is 0 Å². The van der Waals surface area contributed by atoms with Crippen LogP contribution in [0.25, 0.3) is 0 Å². The summed E-state index contributed by atoms with van der Waals surface area (Å²) >= 11 is 0. The Bertz CT molecular complexity index is 651. The first-order chi connectivity index (χ1) is 12.0. The van der Waals surface area contributed by atoms with Gasteiger partial charge in [-0.25, -0.2) is 0 Å². The second-order valence-electron chi connectivity index (χ2n) is 7.01. The molecule has 25 heavy (non-hydrogen) atoms. The highest BCUT2D eigenvalue weighted by Gasteiger charge is 2.20. The van der Waals surface area contributed by atoms with Gasteiger partial charge in [-0.2, -0.15) is 0 Å². The Hall–Kier alpha value is -1.37. The second-order valence-corrected chi connectivity index (χ2v) is 9.33. The van der Waals surface area contributed by atoms with E-state index in [-0.39, 0.29) is 12.3 Å². The number of hydrogen-bond donors (Lipinski definition) is 1. The van der Waals surface area contributed by atoms with Crippen LogP contribution >= 0.6 is 7.37 Å². The van der Waals surface area contributed by atoms with Crippen LogP contribution in [-0.4, -0.2) is 4.89 Å². The van der Waals surface area contributed by atoms with E-state index in [1.54, 1.807) is 0 Å². The number of rotatable bonds is 10. The minimum absolute atomic E-state index is 0.256. The summed E-state index contributed by atoms with van der Waals surface area (Å²) in [6.45, 7) is 4.36. The molecule has 0 amide bonds. The maximum absolute atomic E-state index is 12.8. The van der Waals surface area contributed by atoms with Crippen LogP contribution in [0.15, 0.2) is 48.5 Å². The SMILES string of the molecule is CCCCc1cccc(CP(=O)(O)Cc2cccc(CCCC)c2)c1. The van der Waals surface area contributed by atoms with Crippen LogP contribution in [0.4, 0.5) is 0 Å². The molecule has 0 saturated heterocycles. The minimum Gasteiger partial charge on any atom is -0.344 e. The lowest BCUT2D eigenvalue weighted by Gasteiger charge is -2.13. The van der Waals surface area contributed by atoms with Crippen molar-refractivity contribution in [3.63, 3.8) is 0 Å². The van der Waals surface area contributed by atoms with Crippen molar-refractivity contribution >= 4 is 7.37 Å². The van der Waals surface area contributed by atoms with Crippen LogP contribution in [0.1, 0.15) is 61.8 Å². The highest BCUT2D eigenvalue weighted by atomic mass is 31.2. The summed E-state index contributed by atoms with van der Waals surface area (Å²) in [6.07, 6.45) is 7.24. The Balaban J connectivity index is 2.03. The van der Waals surface area contributed by atoms with Gasteiger partial charge in [0.15, 0.2) is 0 Å². The maximum atomic E-state index is 12.8. The van der Waals surface area contributed by atoms with Gasteiger partial charge in [0.05, 0.1) is 0 Å². The molecule has 0 spiro atoms. The standard InChI is InChI=1S/C22H31O2P/c1-3-5-9-19-11-7-13-21(15-19)17-25(23,24)18-22-14-8-12-20(16-22)10-6-4-2/h7-8,11-16H,3-6,9-10,17-18H2,1-2H3,(H,23,24). The summed E-state index contributed by atoms with van der Waals surface area (Å²) in [4.78, 5) is 10.5. The summed E-state index contributed by atoms with van der Waals surface area (Å²) < 4.78 is 12.8. The van der Waals surface area contributed by atoms with Gasteiger partial charge < -0.3 is 4.89 Å². The van der Waals surface area contributed by atoms with Crippen molar-refractivity contribution in [1.82, 2.24) is 0 Å². The molecule has 1 N–H and O–H groups in total. The highest BCUT2D eigenvalue weighted by molar-refractivity contribution is 7.56. The van der Waals surface area contributed by atoms with Crippen molar-refractivity contribution in [2.75, 3.05) is 0 Å². The van der Waals surface area contributed by atoms with E-state index in [1.165, 1.54) is 11.1 Å². The van der Waals surface area contributed by atoms with Crippen molar-refractivity contribution in [3.8, 4) is 0 Å². The summed E-state index contributed by atoms with van der Waals surface area (Å²) in [6, 6.07) is 16.4. The van der Waals surface area contributed by atoms with Gasteiger partial charge in [-0.15, -0.1) is 0 Å². The second kappa shape index (κ2) is 9.94. The quantitative estimate of drug-likeness (QED) is 0.503. The molecule has 3 heteroatoms. The monoisotopic (exact) mass is 358 g/mol. The molecule has 0 aliphatic carbocycles. The first-order valence-electron chi connectivity index (χ1n) is 9.49. The van der Waals surface area contributed by atoms with Crippen molar-refractivity contribution in [1.29, 1.82) is 0 Å². The average Bonchev–Trinajstić information content (AvgIpc) is 2.58. The maximum Gasteiger partial charge on any atom is 0.209 e. The lowest BCUT2D eigenvalue weighted by atomic mass is 10.1. The largest absolute Gasteiger partial charge is 0.344 e. The van der Waals surface area contributed by atoms with E-state index in [9.17, 15) is 9.46 Å². The zero-order chi connectivity index (χ0) is 18.1. The van der Waals surface area contributed by atoms with Crippen LogP contribution in [0.3, 0.4) is 0 Å². The summed E-state index contributed by atoms with van der Waals surface area (Å²) in [5, 5.41) is 0. The fourth-order valence-electron chi connectivity index (χ4n) is 3.16. The molecule has 0 aromatic heterocycles. The molecule has 0 aliphatic heterocycles. The normalized spacial score (nSPS) is 11.6. The van der Waals surface area contributed by atoms with E-state index in [1.807, 2.05) is 24.3 Å². The Morgan fingerprint density at radius 2 is 1.16 bits per heavy atom. The highest BCUT2D eigenvalue weighted by Crippen LogP contribution is 2.48. The van der Waals surface area contributed by atoms with Crippen molar-refractivity contribution in [2.24, 2.45) is 0 Å². The molecule has 2 nitrogen and oxygen atoms in total. The molecule has 0 radical (unpaired) electrons. The third-order valence-corrected chi connectivity index (χ3v) is 6.20. The van der Waals surface area contributed by atoms with Crippen molar-refractivity contribution in [2.45, 2.75) is 64.7 Å². The van der Waals surface area contributed by atoms with E-state index in [0.717, 1.165) is 49.7 Å². The van der Waals surface area contributed by atoms with Gasteiger partial charge in [0.25, 0.3) is 0 Å². The summed E-state index contributed by atoms with van der Waals surface area (Å²) in [5.41, 5.74) is 4.48. The molecule has 136 valence electrons. The van der Waals surface area contributed by atoms with Crippen molar-refractivity contribution in [3.05, 3.63) is 70.8 Å². The minimum atomic E-state index is -3.23. The molecule has 0 heterocycles. The lowest BCUT2D eigenvalue weighted by molar-refractivity contribution is 0.475. The number of unbranched alkanes of at least 4 members (excludes halogenated alkanes) is 2. The molecule has 2 rings (SSSR count). The molecule has 2 aromatic carbocycles. The van der Waals surface area contributed by atoms with E-state index < -0.39 is 7.37 Å². The van der Waals surface area contributed by atoms with E-state index >= 15 is 0 Å². The fourth-order valence-corrected chi connectivity index (χ4v) is 4.80. The zero-order valence-corrected chi connectivity index (χ0v) is 16.5. The van der Waals surface area contributed by atoms with E-state index in [4.69, 9.17) is 0 Å². The molecule has 2 aromatic rings. The molecular formula is C22H31O2P. The van der Waals surface area contributed by atoms with Gasteiger partial charge in [-0.1, -0.05) is 75.2 Å². The van der Waals surface area contributed by atoms with E-state index in [2.05, 4.69) is 38.1 Å². The first-order valence-corrected chi connectivity index (χ1v) is 11.5. The van der Waals surface area contributed by atoms with Gasteiger partial charge in [0.2, 0.25) is 7.37 Å². The Kier molecular flexibility index (Phi) is 7.93. The molecule has 0 fully saturated rings. The van der Waals surface area contributed by atoms with Crippen LogP contribution < -0.4 is 0 Å². The molecule has 0 bridgehead atoms. The lowest BCUT2D eigenvalue weighted by Crippen LogP contribution is -1.95. The van der Waals surface area contributed by atoms with Crippen LogP contribution in [0.5, 0.6) is 0 Å². The summed E-state index contributed by atoms with van der Waals surface area (Å²) in [5.74, 6) is 0. The predicted octanol–water partition coefficient (Wildman–Crippen LogP) is 6.34. The molecule has 0 saturated carbocycles. The van der Waals surface area contributed by atoms with Gasteiger partial charge in [0, 0.05) is 12.3 Å². The van der Waals surface area contributed by atoms with Gasteiger partial charge in [-0.3, -0.25) is 4.57 Å². The zero-order valence-electron chi connectivity index (χ0n) is 15.6. The van der Waals surface area contributed by atoms with Crippen LogP contribution in [0, 0.1) is 0 Å². The number of hydrogen-bond acceptors (Lipinski definition) is 1. The molecule has 0 unspecified atom stereocenters. The number of aryl methyl sites for hydroxylation is 2. The first kappa shape index (κ1) is 19.9. The topological polar surface area (TPSA) is 37.3 Å². The van der Waals surface area contributed by atoms with Gasteiger partial charge in [-0.05, 0) is 47.9 Å². The third kappa shape index (κ3) is 7.18. The molecule has 0 atom stereocenters. The fraction of sp³-hybridized carbons (Fsp3) is 0.455. The average molecular weight is 358 g/mol. The Morgan fingerprint density at radius 3 is 1.56 bits per heavy atom. The molecular weight excluding hydrogens is 327 g/mol. The smallest absolute Gasteiger partial charge is 0.209 e. The van der Waals surface area contributed by atoms with E-state index in [0.29, 0.717) is 0 Å². The number of benzene rings is 2. The van der Waals surface area contributed by atoms with Crippen molar-refractivity contribution < 1.29 is 9.46 Å².